The van der Waals surface area contributed by atoms with Crippen LogP contribution in [0.15, 0.2) is 18.2 Å². The van der Waals surface area contributed by atoms with Crippen LogP contribution in [0.25, 0.3) is 0 Å². The first-order valence-corrected chi connectivity index (χ1v) is 7.39. The van der Waals surface area contributed by atoms with Gasteiger partial charge in [0.1, 0.15) is 5.75 Å². The van der Waals surface area contributed by atoms with Gasteiger partial charge in [0.2, 0.25) is 0 Å². The average molecular weight is 262 g/mol. The number of hydrogen-bond acceptors (Lipinski definition) is 3. The van der Waals surface area contributed by atoms with Gasteiger partial charge in [-0.05, 0) is 43.7 Å². The van der Waals surface area contributed by atoms with Crippen molar-refractivity contribution in [2.45, 2.75) is 33.6 Å². The highest BCUT2D eigenvalue weighted by Gasteiger charge is 2.23. The van der Waals surface area contributed by atoms with E-state index in [0.29, 0.717) is 6.61 Å². The summed E-state index contributed by atoms with van der Waals surface area (Å²) in [6.45, 7) is 9.49. The minimum absolute atomic E-state index is 0.656. The Hall–Kier alpha value is -1.38. The second-order valence-electron chi connectivity index (χ2n) is 5.69. The maximum Gasteiger partial charge on any atom is 0.144 e. The van der Waals surface area contributed by atoms with Gasteiger partial charge in [-0.3, -0.25) is 0 Å². The normalized spacial score (nSPS) is 16.9. The van der Waals surface area contributed by atoms with Crippen molar-refractivity contribution in [1.29, 1.82) is 0 Å². The topological polar surface area (TPSA) is 38.5 Å². The zero-order valence-electron chi connectivity index (χ0n) is 12.4. The lowest BCUT2D eigenvalue weighted by Gasteiger charge is -2.36. The lowest BCUT2D eigenvalue weighted by atomic mass is 9.86. The Morgan fingerprint density at radius 1 is 1.32 bits per heavy atom. The zero-order chi connectivity index (χ0) is 13.8. The molecule has 0 radical (unpaired) electrons. The third kappa shape index (κ3) is 3.14. The number of nitrogens with two attached hydrogens (primary N) is 1. The van der Waals surface area contributed by atoms with Gasteiger partial charge in [-0.15, -0.1) is 0 Å². The maximum atomic E-state index is 6.23. The second kappa shape index (κ2) is 6.18. The molecule has 0 aliphatic carbocycles. The Balaban J connectivity index is 2.09. The number of hydrogen-bond donors (Lipinski definition) is 1. The van der Waals surface area contributed by atoms with E-state index < -0.39 is 0 Å². The van der Waals surface area contributed by atoms with Crippen LogP contribution in [0, 0.1) is 11.8 Å². The van der Waals surface area contributed by atoms with Gasteiger partial charge in [-0.1, -0.05) is 19.9 Å². The van der Waals surface area contributed by atoms with Gasteiger partial charge in [-0.2, -0.15) is 0 Å². The third-order valence-corrected chi connectivity index (χ3v) is 4.17. The van der Waals surface area contributed by atoms with Crippen molar-refractivity contribution in [1.82, 2.24) is 0 Å². The van der Waals surface area contributed by atoms with Crippen LogP contribution in [-0.2, 0) is 0 Å². The van der Waals surface area contributed by atoms with Crippen LogP contribution in [0.4, 0.5) is 11.4 Å². The largest absolute Gasteiger partial charge is 0.492 e. The van der Waals surface area contributed by atoms with Crippen molar-refractivity contribution in [2.24, 2.45) is 11.8 Å². The molecule has 3 nitrogen and oxygen atoms in total. The van der Waals surface area contributed by atoms with E-state index in [0.717, 1.165) is 42.0 Å². The highest BCUT2D eigenvalue weighted by molar-refractivity contribution is 5.74. The third-order valence-electron chi connectivity index (χ3n) is 4.17. The molecule has 0 atom stereocenters. The van der Waals surface area contributed by atoms with Crippen molar-refractivity contribution in [3.8, 4) is 5.75 Å². The van der Waals surface area contributed by atoms with Gasteiger partial charge >= 0.3 is 0 Å². The van der Waals surface area contributed by atoms with E-state index in [1.54, 1.807) is 0 Å². The predicted molar refractivity (Wildman–Crippen MR) is 81.8 cm³/mol. The van der Waals surface area contributed by atoms with Crippen molar-refractivity contribution in [3.05, 3.63) is 18.2 Å². The van der Waals surface area contributed by atoms with Gasteiger partial charge in [0.05, 0.1) is 18.0 Å². The van der Waals surface area contributed by atoms with E-state index >= 15 is 0 Å². The second-order valence-corrected chi connectivity index (χ2v) is 5.69. The number of para-hydroxylation sites is 1. The number of nitrogens with zero attached hydrogens (tertiary/aromatic N) is 1. The zero-order valence-corrected chi connectivity index (χ0v) is 12.4. The van der Waals surface area contributed by atoms with Crippen molar-refractivity contribution in [3.63, 3.8) is 0 Å². The highest BCUT2D eigenvalue weighted by atomic mass is 16.5. The van der Waals surface area contributed by atoms with Crippen LogP contribution >= 0.6 is 0 Å². The summed E-state index contributed by atoms with van der Waals surface area (Å²) in [6.07, 6.45) is 2.52. The maximum absolute atomic E-state index is 6.23. The first kappa shape index (κ1) is 14.0. The lowest BCUT2D eigenvalue weighted by molar-refractivity contribution is 0.311. The summed E-state index contributed by atoms with van der Waals surface area (Å²) >= 11 is 0. The molecule has 0 amide bonds. The number of piperidine rings is 1. The summed E-state index contributed by atoms with van der Waals surface area (Å²) in [5, 5.41) is 0. The molecule has 1 heterocycles. The van der Waals surface area contributed by atoms with E-state index in [2.05, 4.69) is 24.8 Å². The quantitative estimate of drug-likeness (QED) is 0.843. The molecular weight excluding hydrogens is 236 g/mol. The first-order chi connectivity index (χ1) is 9.13. The minimum Gasteiger partial charge on any atom is -0.492 e. The summed E-state index contributed by atoms with van der Waals surface area (Å²) < 4.78 is 5.58. The molecule has 19 heavy (non-hydrogen) atoms. The Bertz CT molecular complexity index is 409. The average Bonchev–Trinajstić information content (AvgIpc) is 2.41. The van der Waals surface area contributed by atoms with E-state index in [1.807, 2.05) is 19.1 Å². The fourth-order valence-corrected chi connectivity index (χ4v) is 2.90. The summed E-state index contributed by atoms with van der Waals surface area (Å²) in [4.78, 5) is 2.40. The first-order valence-electron chi connectivity index (χ1n) is 7.39. The molecule has 2 rings (SSSR count). The summed E-state index contributed by atoms with van der Waals surface area (Å²) in [5.74, 6) is 2.45. The Labute approximate surface area is 116 Å². The number of anilines is 2. The van der Waals surface area contributed by atoms with Crippen molar-refractivity contribution >= 4 is 11.4 Å². The molecule has 0 bridgehead atoms. The van der Waals surface area contributed by atoms with Crippen LogP contribution in [0.3, 0.4) is 0 Å². The highest BCUT2D eigenvalue weighted by Crippen LogP contribution is 2.35. The van der Waals surface area contributed by atoms with Crippen molar-refractivity contribution in [2.75, 3.05) is 30.3 Å². The minimum atomic E-state index is 0.656. The summed E-state index contributed by atoms with van der Waals surface area (Å²) in [6, 6.07) is 6.09. The van der Waals surface area contributed by atoms with E-state index in [9.17, 15) is 0 Å². The molecule has 1 aromatic rings. The monoisotopic (exact) mass is 262 g/mol. The molecule has 1 fully saturated rings. The lowest BCUT2D eigenvalue weighted by Crippen LogP contribution is -2.35. The fraction of sp³-hybridized carbons (Fsp3) is 0.625. The molecule has 3 heteroatoms. The molecule has 0 unspecified atom stereocenters. The van der Waals surface area contributed by atoms with Gasteiger partial charge in [-0.25, -0.2) is 0 Å². The van der Waals surface area contributed by atoms with Gasteiger partial charge in [0.15, 0.2) is 0 Å². The predicted octanol–water partition coefficient (Wildman–Crippen LogP) is 3.54. The molecule has 1 aliphatic rings. The Morgan fingerprint density at radius 2 is 2.00 bits per heavy atom. The summed E-state index contributed by atoms with van der Waals surface area (Å²) in [5.41, 5.74) is 8.15. The molecular formula is C16H26N2O. The van der Waals surface area contributed by atoms with Crippen LogP contribution in [0.2, 0.25) is 0 Å². The molecule has 2 N–H and O–H groups in total. The molecule has 0 saturated carbocycles. The van der Waals surface area contributed by atoms with E-state index in [-0.39, 0.29) is 0 Å². The SMILES string of the molecule is CCOc1cccc(N2CCC(C(C)C)CC2)c1N. The fourth-order valence-electron chi connectivity index (χ4n) is 2.90. The van der Waals surface area contributed by atoms with Crippen LogP contribution in [-0.4, -0.2) is 19.7 Å². The van der Waals surface area contributed by atoms with Gasteiger partial charge in [0, 0.05) is 13.1 Å². The molecule has 1 aromatic carbocycles. The van der Waals surface area contributed by atoms with Crippen LogP contribution in [0.5, 0.6) is 5.75 Å². The van der Waals surface area contributed by atoms with Crippen molar-refractivity contribution < 1.29 is 4.74 Å². The van der Waals surface area contributed by atoms with E-state index in [4.69, 9.17) is 10.5 Å². The Kier molecular flexibility index (Phi) is 4.56. The Morgan fingerprint density at radius 3 is 2.58 bits per heavy atom. The summed E-state index contributed by atoms with van der Waals surface area (Å²) in [7, 11) is 0. The smallest absolute Gasteiger partial charge is 0.144 e. The number of ether oxygens (including phenoxy) is 1. The molecule has 0 aromatic heterocycles. The number of rotatable bonds is 4. The molecule has 106 valence electrons. The van der Waals surface area contributed by atoms with Crippen LogP contribution < -0.4 is 15.4 Å². The molecule has 1 saturated heterocycles. The molecule has 1 aliphatic heterocycles. The van der Waals surface area contributed by atoms with Crippen LogP contribution in [0.1, 0.15) is 33.6 Å². The number of nitrogen functional groups attached to an aromatic ring is 1. The molecule has 0 spiro atoms. The standard InChI is InChI=1S/C16H26N2O/c1-4-19-15-7-5-6-14(16(15)17)18-10-8-13(9-11-18)12(2)3/h5-7,12-13H,4,8-11,17H2,1-3H3. The number of benzene rings is 1. The van der Waals surface area contributed by atoms with Gasteiger partial charge in [0.25, 0.3) is 0 Å². The van der Waals surface area contributed by atoms with Gasteiger partial charge < -0.3 is 15.4 Å². The van der Waals surface area contributed by atoms with E-state index in [1.165, 1.54) is 12.8 Å².